The molecule has 0 aliphatic heterocycles. The number of hydrogen-bond donors (Lipinski definition) is 1. The van der Waals surface area contributed by atoms with Gasteiger partial charge in [0.15, 0.2) is 6.61 Å². The molecule has 1 aromatic carbocycles. The molecule has 1 aromatic rings. The third-order valence-electron chi connectivity index (χ3n) is 2.24. The first kappa shape index (κ1) is 15.0. The molecule has 0 amide bonds. The van der Waals surface area contributed by atoms with Crippen LogP contribution < -0.4 is 10.5 Å². The van der Waals surface area contributed by atoms with E-state index in [1.807, 2.05) is 19.1 Å². The highest BCUT2D eigenvalue weighted by Gasteiger charge is 2.11. The second kappa shape index (κ2) is 6.75. The number of halogens is 1. The fourth-order valence-electron chi connectivity index (χ4n) is 1.59. The lowest BCUT2D eigenvalue weighted by molar-refractivity contribution is -0.149. The highest BCUT2D eigenvalue weighted by Crippen LogP contribution is 2.27. The standard InChI is InChI=1S/C13H18BrNO3/c1-8(2)18-12(16)7-17-13-9(3)4-11(14)5-10(13)6-15/h4-5,8H,6-7,15H2,1-3H3. The maximum absolute atomic E-state index is 11.4. The largest absolute Gasteiger partial charge is 0.481 e. The Labute approximate surface area is 116 Å². The molecule has 2 N–H and O–H groups in total. The smallest absolute Gasteiger partial charge is 0.344 e. The topological polar surface area (TPSA) is 61.5 Å². The average molecular weight is 316 g/mol. The number of rotatable bonds is 5. The van der Waals surface area contributed by atoms with E-state index in [1.54, 1.807) is 13.8 Å². The van der Waals surface area contributed by atoms with Gasteiger partial charge in [0.25, 0.3) is 0 Å². The summed E-state index contributed by atoms with van der Waals surface area (Å²) in [7, 11) is 0. The molecule has 0 aliphatic rings. The van der Waals surface area contributed by atoms with Gasteiger partial charge in [0.1, 0.15) is 5.75 Å². The summed E-state index contributed by atoms with van der Waals surface area (Å²) in [5.74, 6) is 0.275. The molecule has 100 valence electrons. The zero-order valence-corrected chi connectivity index (χ0v) is 12.4. The van der Waals surface area contributed by atoms with E-state index in [-0.39, 0.29) is 18.7 Å². The van der Waals surface area contributed by atoms with Gasteiger partial charge in [0.2, 0.25) is 0 Å². The molecule has 0 fully saturated rings. The molecule has 5 heteroatoms. The normalized spacial score (nSPS) is 10.6. The number of benzene rings is 1. The van der Waals surface area contributed by atoms with Gasteiger partial charge in [0.05, 0.1) is 6.10 Å². The minimum absolute atomic E-state index is 0.104. The van der Waals surface area contributed by atoms with Gasteiger partial charge < -0.3 is 15.2 Å². The summed E-state index contributed by atoms with van der Waals surface area (Å²) < 4.78 is 11.4. The summed E-state index contributed by atoms with van der Waals surface area (Å²) in [5, 5.41) is 0. The summed E-state index contributed by atoms with van der Waals surface area (Å²) in [6, 6.07) is 3.80. The van der Waals surface area contributed by atoms with Crippen LogP contribution in [0.3, 0.4) is 0 Å². The Balaban J connectivity index is 2.75. The van der Waals surface area contributed by atoms with E-state index in [1.165, 1.54) is 0 Å². The number of carbonyl (C=O) groups is 1. The van der Waals surface area contributed by atoms with Crippen LogP contribution in [0, 0.1) is 6.92 Å². The van der Waals surface area contributed by atoms with E-state index >= 15 is 0 Å². The van der Waals surface area contributed by atoms with Gasteiger partial charge in [-0.1, -0.05) is 15.9 Å². The van der Waals surface area contributed by atoms with E-state index in [0.29, 0.717) is 12.3 Å². The van der Waals surface area contributed by atoms with E-state index in [4.69, 9.17) is 15.2 Å². The summed E-state index contributed by atoms with van der Waals surface area (Å²) >= 11 is 3.40. The Morgan fingerprint density at radius 3 is 2.67 bits per heavy atom. The number of carbonyl (C=O) groups excluding carboxylic acids is 1. The van der Waals surface area contributed by atoms with E-state index < -0.39 is 0 Å². The van der Waals surface area contributed by atoms with Gasteiger partial charge in [-0.05, 0) is 38.5 Å². The van der Waals surface area contributed by atoms with Crippen molar-refractivity contribution in [3.05, 3.63) is 27.7 Å². The summed E-state index contributed by atoms with van der Waals surface area (Å²) in [5.41, 5.74) is 7.45. The zero-order valence-electron chi connectivity index (χ0n) is 10.8. The Kier molecular flexibility index (Phi) is 5.62. The van der Waals surface area contributed by atoms with Gasteiger partial charge in [-0.25, -0.2) is 4.79 Å². The van der Waals surface area contributed by atoms with Crippen molar-refractivity contribution in [2.45, 2.75) is 33.4 Å². The highest BCUT2D eigenvalue weighted by molar-refractivity contribution is 9.10. The fourth-order valence-corrected chi connectivity index (χ4v) is 2.21. The lowest BCUT2D eigenvalue weighted by atomic mass is 10.1. The molecule has 0 bridgehead atoms. The van der Waals surface area contributed by atoms with Gasteiger partial charge in [-0.3, -0.25) is 0 Å². The SMILES string of the molecule is Cc1cc(Br)cc(CN)c1OCC(=O)OC(C)C. The third kappa shape index (κ3) is 4.31. The van der Waals surface area contributed by atoms with Crippen molar-refractivity contribution < 1.29 is 14.3 Å². The first-order valence-corrected chi connectivity index (χ1v) is 6.54. The zero-order chi connectivity index (χ0) is 13.7. The van der Waals surface area contributed by atoms with Crippen molar-refractivity contribution in [2.24, 2.45) is 5.73 Å². The first-order valence-electron chi connectivity index (χ1n) is 5.75. The quantitative estimate of drug-likeness (QED) is 0.848. The number of nitrogens with two attached hydrogens (primary N) is 1. The van der Waals surface area contributed by atoms with Gasteiger partial charge in [-0.15, -0.1) is 0 Å². The number of hydrogen-bond acceptors (Lipinski definition) is 4. The molecule has 1 rings (SSSR count). The molecule has 0 radical (unpaired) electrons. The van der Waals surface area contributed by atoms with Crippen molar-refractivity contribution in [3.63, 3.8) is 0 Å². The summed E-state index contributed by atoms with van der Waals surface area (Å²) in [4.78, 5) is 11.4. The fraction of sp³-hybridized carbons (Fsp3) is 0.462. The van der Waals surface area contributed by atoms with Crippen molar-refractivity contribution >= 4 is 21.9 Å². The van der Waals surface area contributed by atoms with Gasteiger partial charge in [0, 0.05) is 16.6 Å². The molecule has 0 aromatic heterocycles. The minimum Gasteiger partial charge on any atom is -0.481 e. The maximum atomic E-state index is 11.4. The molecular weight excluding hydrogens is 298 g/mol. The van der Waals surface area contributed by atoms with Gasteiger partial charge in [-0.2, -0.15) is 0 Å². The second-order valence-corrected chi connectivity index (χ2v) is 5.16. The molecular formula is C13H18BrNO3. The van der Waals surface area contributed by atoms with Crippen LogP contribution in [0.4, 0.5) is 0 Å². The van der Waals surface area contributed by atoms with Crippen LogP contribution in [0.2, 0.25) is 0 Å². The Hall–Kier alpha value is -1.07. The van der Waals surface area contributed by atoms with Crippen LogP contribution in [0.25, 0.3) is 0 Å². The van der Waals surface area contributed by atoms with Crippen LogP contribution in [0.5, 0.6) is 5.75 Å². The van der Waals surface area contributed by atoms with Crippen molar-refractivity contribution in [1.29, 1.82) is 0 Å². The van der Waals surface area contributed by atoms with Crippen LogP contribution in [-0.2, 0) is 16.1 Å². The highest BCUT2D eigenvalue weighted by atomic mass is 79.9. The van der Waals surface area contributed by atoms with Crippen LogP contribution >= 0.6 is 15.9 Å². The van der Waals surface area contributed by atoms with E-state index in [9.17, 15) is 4.79 Å². The lowest BCUT2D eigenvalue weighted by Gasteiger charge is -2.14. The van der Waals surface area contributed by atoms with Crippen LogP contribution in [0.15, 0.2) is 16.6 Å². The molecule has 18 heavy (non-hydrogen) atoms. The predicted octanol–water partition coefficient (Wildman–Crippen LogP) is 2.55. The lowest BCUT2D eigenvalue weighted by Crippen LogP contribution is -2.19. The monoisotopic (exact) mass is 315 g/mol. The molecule has 0 unspecified atom stereocenters. The number of ether oxygens (including phenoxy) is 2. The van der Waals surface area contributed by atoms with Crippen molar-refractivity contribution in [2.75, 3.05) is 6.61 Å². The molecule has 0 heterocycles. The molecule has 0 atom stereocenters. The molecule has 0 spiro atoms. The predicted molar refractivity (Wildman–Crippen MR) is 73.5 cm³/mol. The maximum Gasteiger partial charge on any atom is 0.344 e. The number of esters is 1. The van der Waals surface area contributed by atoms with E-state index in [2.05, 4.69) is 15.9 Å². The van der Waals surface area contributed by atoms with Crippen LogP contribution in [0.1, 0.15) is 25.0 Å². The molecule has 4 nitrogen and oxygen atoms in total. The van der Waals surface area contributed by atoms with Crippen molar-refractivity contribution in [3.8, 4) is 5.75 Å². The van der Waals surface area contributed by atoms with Crippen LogP contribution in [-0.4, -0.2) is 18.7 Å². The Morgan fingerprint density at radius 1 is 1.44 bits per heavy atom. The van der Waals surface area contributed by atoms with Crippen molar-refractivity contribution in [1.82, 2.24) is 0 Å². The minimum atomic E-state index is -0.379. The number of aryl methyl sites for hydroxylation is 1. The third-order valence-corrected chi connectivity index (χ3v) is 2.70. The van der Waals surface area contributed by atoms with E-state index in [0.717, 1.165) is 15.6 Å². The Bertz CT molecular complexity index is 432. The molecule has 0 saturated heterocycles. The molecule has 0 saturated carbocycles. The Morgan fingerprint density at radius 2 is 2.11 bits per heavy atom. The second-order valence-electron chi connectivity index (χ2n) is 4.24. The molecule has 0 aliphatic carbocycles. The average Bonchev–Trinajstić information content (AvgIpc) is 2.25. The summed E-state index contributed by atoms with van der Waals surface area (Å²) in [6.07, 6.45) is -0.138. The van der Waals surface area contributed by atoms with Gasteiger partial charge >= 0.3 is 5.97 Å². The first-order chi connectivity index (χ1) is 8.43. The summed E-state index contributed by atoms with van der Waals surface area (Å²) in [6.45, 7) is 5.76.